The molecule has 4 aromatic rings. The van der Waals surface area contributed by atoms with E-state index in [2.05, 4.69) is 15.7 Å². The number of rotatable bonds is 10. The third-order valence-corrected chi connectivity index (χ3v) is 5.33. The zero-order valence-corrected chi connectivity index (χ0v) is 19.4. The lowest BCUT2D eigenvalue weighted by Gasteiger charge is -2.10. The van der Waals surface area contributed by atoms with E-state index in [0.29, 0.717) is 48.8 Å². The molecule has 180 valence electrons. The molecule has 0 bridgehead atoms. The first-order valence-corrected chi connectivity index (χ1v) is 11.5. The van der Waals surface area contributed by atoms with E-state index in [4.69, 9.17) is 4.74 Å². The Labute approximate surface area is 202 Å². The Kier molecular flexibility index (Phi) is 7.57. The van der Waals surface area contributed by atoms with Crippen molar-refractivity contribution in [2.45, 2.75) is 26.3 Å². The average molecular weight is 474 g/mol. The van der Waals surface area contributed by atoms with Gasteiger partial charge in [0.05, 0.1) is 18.7 Å². The minimum Gasteiger partial charge on any atom is -0.493 e. The number of nitrogens with one attached hydrogen (secondary N) is 2. The van der Waals surface area contributed by atoms with Crippen molar-refractivity contribution in [1.29, 1.82) is 0 Å². The van der Waals surface area contributed by atoms with Crippen molar-refractivity contribution in [1.82, 2.24) is 19.5 Å². The molecule has 4 rings (SSSR count). The molecule has 0 fully saturated rings. The summed E-state index contributed by atoms with van der Waals surface area (Å²) in [6.07, 6.45) is 2.42. The number of pyridine rings is 1. The Bertz CT molecular complexity index is 1390. The quantitative estimate of drug-likeness (QED) is 0.344. The summed E-state index contributed by atoms with van der Waals surface area (Å²) in [5.74, 6) is 0.149. The molecule has 2 N–H and O–H groups in total. The molecule has 0 aliphatic heterocycles. The number of nitrogens with zero attached hydrogens (tertiary/aromatic N) is 3. The van der Waals surface area contributed by atoms with E-state index in [1.807, 2.05) is 37.3 Å². The third kappa shape index (κ3) is 5.94. The highest BCUT2D eigenvalue weighted by molar-refractivity contribution is 5.97. The zero-order valence-electron chi connectivity index (χ0n) is 19.4. The molecule has 9 nitrogen and oxygen atoms in total. The van der Waals surface area contributed by atoms with Crippen LogP contribution < -0.4 is 21.1 Å². The molecule has 0 unspecified atom stereocenters. The van der Waals surface area contributed by atoms with Gasteiger partial charge in [-0.2, -0.15) is 0 Å². The summed E-state index contributed by atoms with van der Waals surface area (Å²) in [5, 5.41) is 10.0. The van der Waals surface area contributed by atoms with Crippen LogP contribution in [0.4, 0.5) is 5.69 Å². The second-order valence-corrected chi connectivity index (χ2v) is 7.91. The second-order valence-electron chi connectivity index (χ2n) is 7.91. The van der Waals surface area contributed by atoms with Crippen molar-refractivity contribution in [3.63, 3.8) is 0 Å². The summed E-state index contributed by atoms with van der Waals surface area (Å²) in [7, 11) is 0. The van der Waals surface area contributed by atoms with Gasteiger partial charge < -0.3 is 15.4 Å². The van der Waals surface area contributed by atoms with Gasteiger partial charge in [-0.3, -0.25) is 14.0 Å². The Morgan fingerprint density at radius 3 is 2.69 bits per heavy atom. The maximum absolute atomic E-state index is 12.5. The van der Waals surface area contributed by atoms with E-state index in [0.717, 1.165) is 5.56 Å². The summed E-state index contributed by atoms with van der Waals surface area (Å²) < 4.78 is 8.37. The smallest absolute Gasteiger partial charge is 0.350 e. The number of para-hydroxylation sites is 1. The molecule has 0 atom stereocenters. The number of aromatic nitrogens is 3. The highest BCUT2D eigenvalue weighted by Gasteiger charge is 2.12. The lowest BCUT2D eigenvalue weighted by atomic mass is 10.2. The van der Waals surface area contributed by atoms with E-state index in [1.165, 1.54) is 9.08 Å². The predicted octanol–water partition coefficient (Wildman–Crippen LogP) is 3.09. The minimum atomic E-state index is -0.232. The van der Waals surface area contributed by atoms with Gasteiger partial charge in [0.1, 0.15) is 5.75 Å². The molecular weight excluding hydrogens is 446 g/mol. The van der Waals surface area contributed by atoms with Crippen LogP contribution >= 0.6 is 0 Å². The maximum Gasteiger partial charge on any atom is 0.350 e. The standard InChI is InChI=1S/C26H27N5O4/c1-2-35-22-12-4-3-11-21(22)25(33)27-15-8-14-24(32)28-20-10-7-9-19(17-20)18-31-26(34)30-16-6-5-13-23(30)29-31/h3-7,9-13,16-17H,2,8,14-15,18H2,1H3,(H,27,33)(H,28,32). The number of anilines is 1. The molecule has 0 saturated heterocycles. The highest BCUT2D eigenvalue weighted by atomic mass is 16.5. The van der Waals surface area contributed by atoms with Crippen LogP contribution in [-0.2, 0) is 11.3 Å². The average Bonchev–Trinajstić information content (AvgIpc) is 3.17. The van der Waals surface area contributed by atoms with Crippen LogP contribution in [0.5, 0.6) is 5.75 Å². The minimum absolute atomic E-state index is 0.156. The van der Waals surface area contributed by atoms with Gasteiger partial charge >= 0.3 is 5.69 Å². The van der Waals surface area contributed by atoms with Crippen molar-refractivity contribution in [2.24, 2.45) is 0 Å². The summed E-state index contributed by atoms with van der Waals surface area (Å²) in [6, 6.07) is 19.8. The second kappa shape index (κ2) is 11.1. The molecule has 2 heterocycles. The number of carbonyl (C=O) groups is 2. The fourth-order valence-electron chi connectivity index (χ4n) is 3.70. The molecule has 0 radical (unpaired) electrons. The first kappa shape index (κ1) is 23.7. The molecule has 2 aromatic carbocycles. The first-order valence-electron chi connectivity index (χ1n) is 11.5. The van der Waals surface area contributed by atoms with Crippen LogP contribution in [0.2, 0.25) is 0 Å². The lowest BCUT2D eigenvalue weighted by molar-refractivity contribution is -0.116. The van der Waals surface area contributed by atoms with Crippen molar-refractivity contribution in [2.75, 3.05) is 18.5 Å². The summed E-state index contributed by atoms with van der Waals surface area (Å²) in [5.41, 5.74) is 2.31. The van der Waals surface area contributed by atoms with Crippen LogP contribution in [0.3, 0.4) is 0 Å². The van der Waals surface area contributed by atoms with Crippen molar-refractivity contribution >= 4 is 23.1 Å². The molecule has 2 amide bonds. The molecule has 0 saturated carbocycles. The van der Waals surface area contributed by atoms with Gasteiger partial charge in [0.2, 0.25) is 5.91 Å². The largest absolute Gasteiger partial charge is 0.493 e. The van der Waals surface area contributed by atoms with Gasteiger partial charge in [0.25, 0.3) is 5.91 Å². The third-order valence-electron chi connectivity index (χ3n) is 5.33. The van der Waals surface area contributed by atoms with Crippen LogP contribution in [0.15, 0.2) is 77.7 Å². The van der Waals surface area contributed by atoms with Crippen LogP contribution in [-0.4, -0.2) is 39.1 Å². The fraction of sp³-hybridized carbons (Fsp3) is 0.231. The topological polar surface area (TPSA) is 107 Å². The van der Waals surface area contributed by atoms with Crippen molar-refractivity contribution in [3.05, 3.63) is 94.5 Å². The number of hydrogen-bond donors (Lipinski definition) is 2. The van der Waals surface area contributed by atoms with Gasteiger partial charge in [0.15, 0.2) is 5.65 Å². The van der Waals surface area contributed by atoms with E-state index >= 15 is 0 Å². The summed E-state index contributed by atoms with van der Waals surface area (Å²) in [6.45, 7) is 2.99. The number of hydrogen-bond acceptors (Lipinski definition) is 5. The fourth-order valence-corrected chi connectivity index (χ4v) is 3.70. The van der Waals surface area contributed by atoms with Gasteiger partial charge in [-0.1, -0.05) is 30.3 Å². The van der Waals surface area contributed by atoms with Gasteiger partial charge in [0, 0.05) is 24.8 Å². The maximum atomic E-state index is 12.5. The normalized spacial score (nSPS) is 10.8. The van der Waals surface area contributed by atoms with Crippen LogP contribution in [0.25, 0.3) is 5.65 Å². The van der Waals surface area contributed by atoms with Gasteiger partial charge in [-0.05, 0) is 55.3 Å². The van der Waals surface area contributed by atoms with Crippen LogP contribution in [0.1, 0.15) is 35.7 Å². The van der Waals surface area contributed by atoms with Crippen molar-refractivity contribution in [3.8, 4) is 5.75 Å². The Morgan fingerprint density at radius 1 is 1.03 bits per heavy atom. The first-order chi connectivity index (χ1) is 17.0. The van der Waals surface area contributed by atoms with Gasteiger partial charge in [-0.15, -0.1) is 5.10 Å². The van der Waals surface area contributed by atoms with Crippen LogP contribution in [0, 0.1) is 0 Å². The molecule has 35 heavy (non-hydrogen) atoms. The molecular formula is C26H27N5O4. The molecule has 2 aromatic heterocycles. The molecule has 0 aliphatic carbocycles. The number of amides is 2. The molecule has 0 aliphatic rings. The highest BCUT2D eigenvalue weighted by Crippen LogP contribution is 2.17. The lowest BCUT2D eigenvalue weighted by Crippen LogP contribution is -2.26. The monoisotopic (exact) mass is 473 g/mol. The molecule has 0 spiro atoms. The Balaban J connectivity index is 1.27. The Hall–Kier alpha value is -4.40. The summed E-state index contributed by atoms with van der Waals surface area (Å²) in [4.78, 5) is 37.3. The summed E-state index contributed by atoms with van der Waals surface area (Å²) >= 11 is 0. The number of ether oxygens (including phenoxy) is 1. The van der Waals surface area contributed by atoms with Crippen molar-refractivity contribution < 1.29 is 14.3 Å². The molecule has 9 heteroatoms. The van der Waals surface area contributed by atoms with E-state index < -0.39 is 0 Å². The van der Waals surface area contributed by atoms with E-state index in [9.17, 15) is 14.4 Å². The number of fused-ring (bicyclic) bond motifs is 1. The SMILES string of the molecule is CCOc1ccccc1C(=O)NCCCC(=O)Nc1cccc(Cn2nc3ccccn3c2=O)c1. The zero-order chi connectivity index (χ0) is 24.6. The van der Waals surface area contributed by atoms with E-state index in [-0.39, 0.29) is 23.9 Å². The number of carbonyl (C=O) groups excluding carboxylic acids is 2. The Morgan fingerprint density at radius 2 is 1.86 bits per heavy atom. The van der Waals surface area contributed by atoms with E-state index in [1.54, 1.807) is 42.6 Å². The number of benzene rings is 2. The predicted molar refractivity (Wildman–Crippen MR) is 133 cm³/mol. The van der Waals surface area contributed by atoms with Gasteiger partial charge in [-0.25, -0.2) is 9.48 Å².